The topological polar surface area (TPSA) is 86.4 Å². The molecule has 0 atom stereocenters. The Labute approximate surface area is 171 Å². The first-order valence-electron chi connectivity index (χ1n) is 10.9. The van der Waals surface area contributed by atoms with Crippen LogP contribution in [0.15, 0.2) is 24.3 Å². The summed E-state index contributed by atoms with van der Waals surface area (Å²) in [7, 11) is 0. The molecule has 8 heteroatoms. The Morgan fingerprint density at radius 1 is 1.21 bits per heavy atom. The van der Waals surface area contributed by atoms with Crippen LogP contribution < -0.4 is 15.0 Å². The molecular formula is C21H31N6O2+. The van der Waals surface area contributed by atoms with Gasteiger partial charge >= 0.3 is 0 Å². The molecule has 1 amide bonds. The molecule has 1 aliphatic heterocycles. The third kappa shape index (κ3) is 4.75. The van der Waals surface area contributed by atoms with Crippen LogP contribution in [0.1, 0.15) is 67.7 Å². The second kappa shape index (κ2) is 9.35. The van der Waals surface area contributed by atoms with Crippen LogP contribution in [0.2, 0.25) is 0 Å². The number of piperidine rings is 1. The molecule has 2 aromatic rings. The maximum Gasteiger partial charge on any atom is 0.255 e. The zero-order valence-electron chi connectivity index (χ0n) is 17.1. The highest BCUT2D eigenvalue weighted by Gasteiger charge is 2.28. The van der Waals surface area contributed by atoms with E-state index in [4.69, 9.17) is 4.74 Å². The van der Waals surface area contributed by atoms with Crippen molar-refractivity contribution >= 4 is 5.91 Å². The number of carbonyl (C=O) groups is 1. The lowest BCUT2D eigenvalue weighted by Gasteiger charge is -2.29. The first-order chi connectivity index (χ1) is 14.2. The van der Waals surface area contributed by atoms with Gasteiger partial charge in [-0.1, -0.05) is 25.0 Å². The highest BCUT2D eigenvalue weighted by molar-refractivity contribution is 5.97. The van der Waals surface area contributed by atoms with E-state index in [0.717, 1.165) is 38.3 Å². The molecule has 2 heterocycles. The SMILES string of the molecule is CCOc1ccccc1C(=O)NC1CC[NH+](Cc2nnnn2C2CCCC2)CC1. The fourth-order valence-corrected chi connectivity index (χ4v) is 4.53. The van der Waals surface area contributed by atoms with Crippen LogP contribution >= 0.6 is 0 Å². The molecule has 4 rings (SSSR count). The number of rotatable bonds is 7. The summed E-state index contributed by atoms with van der Waals surface area (Å²) in [4.78, 5) is 14.2. The number of hydrogen-bond acceptors (Lipinski definition) is 5. The Bertz CT molecular complexity index is 809. The second-order valence-corrected chi connectivity index (χ2v) is 8.08. The molecular weight excluding hydrogens is 368 g/mol. The number of benzene rings is 1. The average Bonchev–Trinajstić information content (AvgIpc) is 3.42. The molecule has 0 spiro atoms. The molecule has 8 nitrogen and oxygen atoms in total. The van der Waals surface area contributed by atoms with Crippen molar-refractivity contribution in [3.8, 4) is 5.75 Å². The van der Waals surface area contributed by atoms with Crippen molar-refractivity contribution in [3.05, 3.63) is 35.7 Å². The first kappa shape index (κ1) is 19.8. The number of amides is 1. The number of nitrogens with one attached hydrogen (secondary N) is 2. The molecule has 0 unspecified atom stereocenters. The number of aromatic nitrogens is 4. The van der Waals surface area contributed by atoms with Gasteiger partial charge in [0.05, 0.1) is 31.3 Å². The van der Waals surface area contributed by atoms with Gasteiger partial charge in [0.2, 0.25) is 5.82 Å². The Hall–Kier alpha value is -2.48. The fraction of sp³-hybridized carbons (Fsp3) is 0.619. The Morgan fingerprint density at radius 3 is 2.72 bits per heavy atom. The van der Waals surface area contributed by atoms with E-state index in [1.165, 1.54) is 30.6 Å². The van der Waals surface area contributed by atoms with E-state index in [2.05, 4.69) is 25.5 Å². The summed E-state index contributed by atoms with van der Waals surface area (Å²) in [6.45, 7) is 5.35. The van der Waals surface area contributed by atoms with Crippen LogP contribution in [0.25, 0.3) is 0 Å². The third-order valence-corrected chi connectivity index (χ3v) is 6.10. The van der Waals surface area contributed by atoms with Crippen molar-refractivity contribution in [2.75, 3.05) is 19.7 Å². The highest BCUT2D eigenvalue weighted by Crippen LogP contribution is 2.28. The first-order valence-corrected chi connectivity index (χ1v) is 10.9. The molecule has 1 aromatic carbocycles. The molecule has 156 valence electrons. The second-order valence-electron chi connectivity index (χ2n) is 8.08. The van der Waals surface area contributed by atoms with Crippen LogP contribution in [0, 0.1) is 0 Å². The standard InChI is InChI=1S/C21H30N6O2/c1-2-29-19-10-6-5-9-18(19)21(28)22-16-11-13-26(14-12-16)15-20-23-24-25-27(20)17-7-3-4-8-17/h5-6,9-10,16-17H,2-4,7-8,11-15H2,1H3,(H,22,28)/p+1. The van der Waals surface area contributed by atoms with E-state index in [9.17, 15) is 4.79 Å². The zero-order chi connectivity index (χ0) is 20.1. The van der Waals surface area contributed by atoms with Crippen LogP contribution in [0.3, 0.4) is 0 Å². The Morgan fingerprint density at radius 2 is 1.97 bits per heavy atom. The van der Waals surface area contributed by atoms with Gasteiger partial charge in [-0.2, -0.15) is 0 Å². The zero-order valence-corrected chi connectivity index (χ0v) is 17.1. The predicted molar refractivity (Wildman–Crippen MR) is 108 cm³/mol. The smallest absolute Gasteiger partial charge is 0.255 e. The minimum Gasteiger partial charge on any atom is -0.493 e. The summed E-state index contributed by atoms with van der Waals surface area (Å²) >= 11 is 0. The average molecular weight is 400 g/mol. The molecule has 29 heavy (non-hydrogen) atoms. The van der Waals surface area contributed by atoms with Gasteiger partial charge in [0.25, 0.3) is 5.91 Å². The van der Waals surface area contributed by atoms with Crippen molar-refractivity contribution in [3.63, 3.8) is 0 Å². The molecule has 1 saturated heterocycles. The highest BCUT2D eigenvalue weighted by atomic mass is 16.5. The van der Waals surface area contributed by atoms with Crippen molar-refractivity contribution in [1.82, 2.24) is 25.5 Å². The largest absolute Gasteiger partial charge is 0.493 e. The number of carbonyl (C=O) groups excluding carboxylic acids is 1. The lowest BCUT2D eigenvalue weighted by molar-refractivity contribution is -0.919. The van der Waals surface area contributed by atoms with Crippen molar-refractivity contribution in [2.24, 2.45) is 0 Å². The normalized spacial score (nSPS) is 22.5. The summed E-state index contributed by atoms with van der Waals surface area (Å²) in [5.41, 5.74) is 0.611. The lowest BCUT2D eigenvalue weighted by Crippen LogP contribution is -3.12. The van der Waals surface area contributed by atoms with Gasteiger partial charge in [-0.3, -0.25) is 4.79 Å². The maximum absolute atomic E-state index is 12.7. The number of quaternary nitrogens is 1. The molecule has 0 bridgehead atoms. The third-order valence-electron chi connectivity index (χ3n) is 6.10. The molecule has 2 fully saturated rings. The van der Waals surface area contributed by atoms with Gasteiger partial charge in [-0.25, -0.2) is 4.68 Å². The number of ether oxygens (including phenoxy) is 1. The van der Waals surface area contributed by atoms with E-state index < -0.39 is 0 Å². The minimum absolute atomic E-state index is 0.0484. The molecule has 1 saturated carbocycles. The van der Waals surface area contributed by atoms with Crippen LogP contribution in [-0.4, -0.2) is 51.9 Å². The van der Waals surface area contributed by atoms with Crippen molar-refractivity contribution in [1.29, 1.82) is 0 Å². The summed E-state index contributed by atoms with van der Waals surface area (Å²) in [6.07, 6.45) is 6.84. The lowest BCUT2D eigenvalue weighted by atomic mass is 10.0. The summed E-state index contributed by atoms with van der Waals surface area (Å²) < 4.78 is 7.64. The van der Waals surface area contributed by atoms with E-state index in [1.807, 2.05) is 31.2 Å². The maximum atomic E-state index is 12.7. The van der Waals surface area contributed by atoms with E-state index in [0.29, 0.717) is 24.0 Å². The number of hydrogen-bond donors (Lipinski definition) is 2. The van der Waals surface area contributed by atoms with E-state index in [1.54, 1.807) is 0 Å². The predicted octanol–water partition coefficient (Wildman–Crippen LogP) is 1.16. The van der Waals surface area contributed by atoms with E-state index in [-0.39, 0.29) is 11.9 Å². The number of likely N-dealkylation sites (tertiary alicyclic amines) is 1. The van der Waals surface area contributed by atoms with Crippen LogP contribution in [-0.2, 0) is 6.54 Å². The molecule has 2 N–H and O–H groups in total. The fourth-order valence-electron chi connectivity index (χ4n) is 4.53. The van der Waals surface area contributed by atoms with Crippen molar-refractivity contribution < 1.29 is 14.4 Å². The molecule has 0 radical (unpaired) electrons. The van der Waals surface area contributed by atoms with Gasteiger partial charge in [0, 0.05) is 18.9 Å². The van der Waals surface area contributed by atoms with Gasteiger partial charge in [-0.05, 0) is 42.3 Å². The number of nitrogens with zero attached hydrogens (tertiary/aromatic N) is 4. The van der Waals surface area contributed by atoms with Gasteiger partial charge < -0.3 is 15.0 Å². The quantitative estimate of drug-likeness (QED) is 0.730. The van der Waals surface area contributed by atoms with Crippen LogP contribution in [0.5, 0.6) is 5.75 Å². The molecule has 1 aromatic heterocycles. The summed E-state index contributed by atoms with van der Waals surface area (Å²) in [5, 5.41) is 15.7. The minimum atomic E-state index is -0.0484. The van der Waals surface area contributed by atoms with Crippen LogP contribution in [0.4, 0.5) is 0 Å². The summed E-state index contributed by atoms with van der Waals surface area (Å²) in [6, 6.07) is 8.11. The number of para-hydroxylation sites is 1. The van der Waals surface area contributed by atoms with Gasteiger partial charge in [0.15, 0.2) is 0 Å². The monoisotopic (exact) mass is 399 g/mol. The number of tetrazole rings is 1. The van der Waals surface area contributed by atoms with Gasteiger partial charge in [0.1, 0.15) is 12.3 Å². The van der Waals surface area contributed by atoms with Crippen molar-refractivity contribution in [2.45, 2.75) is 64.1 Å². The van der Waals surface area contributed by atoms with E-state index >= 15 is 0 Å². The molecule has 2 aliphatic rings. The Balaban J connectivity index is 1.29. The Kier molecular flexibility index (Phi) is 6.39. The molecule has 1 aliphatic carbocycles. The van der Waals surface area contributed by atoms with Gasteiger partial charge in [-0.15, -0.1) is 5.10 Å². The summed E-state index contributed by atoms with van der Waals surface area (Å²) in [5.74, 6) is 1.60.